The summed E-state index contributed by atoms with van der Waals surface area (Å²) in [6.45, 7) is 4.94. The first-order valence-corrected chi connectivity index (χ1v) is 7.91. The normalized spacial score (nSPS) is 10.6. The molecule has 0 bridgehead atoms. The van der Waals surface area contributed by atoms with Gasteiger partial charge in [0.1, 0.15) is 5.75 Å². The van der Waals surface area contributed by atoms with Crippen LogP contribution in [0.1, 0.15) is 46.0 Å². The van der Waals surface area contributed by atoms with Gasteiger partial charge in [0.25, 0.3) is 0 Å². The SMILES string of the molecule is CCCCCCCSc1cc(OCC)ccc1N. The van der Waals surface area contributed by atoms with Crippen molar-refractivity contribution in [3.05, 3.63) is 18.2 Å². The predicted octanol–water partition coefficient (Wildman–Crippen LogP) is 4.73. The van der Waals surface area contributed by atoms with Gasteiger partial charge in [-0.2, -0.15) is 0 Å². The summed E-state index contributed by atoms with van der Waals surface area (Å²) in [7, 11) is 0. The lowest BCUT2D eigenvalue weighted by Crippen LogP contribution is -1.94. The molecule has 1 aromatic rings. The number of rotatable bonds is 9. The number of hydrogen-bond donors (Lipinski definition) is 1. The smallest absolute Gasteiger partial charge is 0.120 e. The van der Waals surface area contributed by atoms with E-state index in [4.69, 9.17) is 10.5 Å². The van der Waals surface area contributed by atoms with Gasteiger partial charge in [-0.05, 0) is 37.3 Å². The fraction of sp³-hybridized carbons (Fsp3) is 0.600. The summed E-state index contributed by atoms with van der Waals surface area (Å²) in [5.74, 6) is 2.06. The van der Waals surface area contributed by atoms with Crippen molar-refractivity contribution in [2.75, 3.05) is 18.1 Å². The molecule has 0 atom stereocenters. The molecule has 0 aliphatic rings. The van der Waals surface area contributed by atoms with Crippen LogP contribution in [0.3, 0.4) is 0 Å². The van der Waals surface area contributed by atoms with E-state index in [2.05, 4.69) is 13.0 Å². The first-order chi connectivity index (χ1) is 8.77. The Hall–Kier alpha value is -0.830. The third-order valence-electron chi connectivity index (χ3n) is 2.80. The molecule has 0 spiro atoms. The maximum atomic E-state index is 5.97. The van der Waals surface area contributed by atoms with Crippen molar-refractivity contribution in [3.8, 4) is 5.75 Å². The van der Waals surface area contributed by atoms with Gasteiger partial charge in [-0.3, -0.25) is 0 Å². The second kappa shape index (κ2) is 9.15. The van der Waals surface area contributed by atoms with Crippen LogP contribution in [0, 0.1) is 0 Å². The molecule has 0 aliphatic carbocycles. The van der Waals surface area contributed by atoms with E-state index in [-0.39, 0.29) is 0 Å². The van der Waals surface area contributed by atoms with Crippen molar-refractivity contribution >= 4 is 17.4 Å². The number of unbranched alkanes of at least 4 members (excludes halogenated alkanes) is 4. The van der Waals surface area contributed by atoms with E-state index in [9.17, 15) is 0 Å². The fourth-order valence-electron chi connectivity index (χ4n) is 1.78. The number of nitrogen functional groups attached to an aromatic ring is 1. The first-order valence-electron chi connectivity index (χ1n) is 6.93. The minimum absolute atomic E-state index is 0.699. The second-order valence-electron chi connectivity index (χ2n) is 4.40. The van der Waals surface area contributed by atoms with Gasteiger partial charge in [-0.15, -0.1) is 11.8 Å². The monoisotopic (exact) mass is 267 g/mol. The molecule has 1 rings (SSSR count). The Morgan fingerprint density at radius 3 is 2.61 bits per heavy atom. The van der Waals surface area contributed by atoms with Gasteiger partial charge in [-0.25, -0.2) is 0 Å². The van der Waals surface area contributed by atoms with Gasteiger partial charge >= 0.3 is 0 Å². The minimum Gasteiger partial charge on any atom is -0.494 e. The first kappa shape index (κ1) is 15.2. The Labute approximate surface area is 115 Å². The zero-order chi connectivity index (χ0) is 13.2. The van der Waals surface area contributed by atoms with Crippen LogP contribution in [-0.4, -0.2) is 12.4 Å². The van der Waals surface area contributed by atoms with Crippen LogP contribution in [0.2, 0.25) is 0 Å². The van der Waals surface area contributed by atoms with E-state index in [1.807, 2.05) is 30.8 Å². The largest absolute Gasteiger partial charge is 0.494 e. The van der Waals surface area contributed by atoms with Gasteiger partial charge in [-0.1, -0.05) is 32.6 Å². The molecule has 0 radical (unpaired) electrons. The minimum atomic E-state index is 0.699. The van der Waals surface area contributed by atoms with E-state index >= 15 is 0 Å². The molecule has 0 aliphatic heterocycles. The molecule has 3 heteroatoms. The lowest BCUT2D eigenvalue weighted by atomic mass is 10.2. The third-order valence-corrected chi connectivity index (χ3v) is 3.96. The molecule has 0 fully saturated rings. The van der Waals surface area contributed by atoms with E-state index in [0.29, 0.717) is 6.61 Å². The van der Waals surface area contributed by atoms with Crippen LogP contribution in [-0.2, 0) is 0 Å². The van der Waals surface area contributed by atoms with Gasteiger partial charge in [0.2, 0.25) is 0 Å². The number of nitrogens with two attached hydrogens (primary N) is 1. The lowest BCUT2D eigenvalue weighted by molar-refractivity contribution is 0.339. The topological polar surface area (TPSA) is 35.2 Å². The molecule has 0 heterocycles. The van der Waals surface area contributed by atoms with Crippen LogP contribution in [0.4, 0.5) is 5.69 Å². The highest BCUT2D eigenvalue weighted by Gasteiger charge is 2.02. The van der Waals surface area contributed by atoms with Crippen molar-refractivity contribution in [2.24, 2.45) is 0 Å². The number of benzene rings is 1. The highest BCUT2D eigenvalue weighted by Crippen LogP contribution is 2.30. The summed E-state index contributed by atoms with van der Waals surface area (Å²) in [6.07, 6.45) is 6.60. The maximum absolute atomic E-state index is 5.97. The van der Waals surface area contributed by atoms with E-state index in [1.54, 1.807) is 0 Å². The Morgan fingerprint density at radius 1 is 1.11 bits per heavy atom. The van der Waals surface area contributed by atoms with Crippen molar-refractivity contribution < 1.29 is 4.74 Å². The lowest BCUT2D eigenvalue weighted by Gasteiger charge is -2.09. The Balaban J connectivity index is 2.34. The summed E-state index contributed by atoms with van der Waals surface area (Å²) in [6, 6.07) is 5.92. The second-order valence-corrected chi connectivity index (χ2v) is 5.53. The van der Waals surface area contributed by atoms with Gasteiger partial charge in [0.05, 0.1) is 6.61 Å². The predicted molar refractivity (Wildman–Crippen MR) is 81.5 cm³/mol. The molecule has 0 aromatic heterocycles. The standard InChI is InChI=1S/C15H25NOS/c1-3-5-6-7-8-11-18-15-12-13(17-4-2)9-10-14(15)16/h9-10,12H,3-8,11,16H2,1-2H3. The summed E-state index contributed by atoms with van der Waals surface area (Å²) in [5.41, 5.74) is 6.83. The molecule has 102 valence electrons. The van der Waals surface area contributed by atoms with Crippen LogP contribution in [0.15, 0.2) is 23.1 Å². The van der Waals surface area contributed by atoms with Crippen molar-refractivity contribution in [1.82, 2.24) is 0 Å². The van der Waals surface area contributed by atoms with Crippen LogP contribution in [0.5, 0.6) is 5.75 Å². The molecule has 0 saturated carbocycles. The summed E-state index contributed by atoms with van der Waals surface area (Å²) in [4.78, 5) is 1.15. The molecule has 18 heavy (non-hydrogen) atoms. The molecule has 0 amide bonds. The zero-order valence-electron chi connectivity index (χ0n) is 11.6. The highest BCUT2D eigenvalue weighted by molar-refractivity contribution is 7.99. The van der Waals surface area contributed by atoms with Gasteiger partial charge in [0.15, 0.2) is 0 Å². The molecule has 0 saturated heterocycles. The maximum Gasteiger partial charge on any atom is 0.120 e. The van der Waals surface area contributed by atoms with Crippen LogP contribution >= 0.6 is 11.8 Å². The zero-order valence-corrected chi connectivity index (χ0v) is 12.4. The summed E-state index contributed by atoms with van der Waals surface area (Å²) >= 11 is 1.84. The number of anilines is 1. The van der Waals surface area contributed by atoms with E-state index in [0.717, 1.165) is 22.1 Å². The number of ether oxygens (including phenoxy) is 1. The van der Waals surface area contributed by atoms with E-state index in [1.165, 1.54) is 32.1 Å². The Kier molecular flexibility index (Phi) is 7.74. The molecule has 1 aromatic carbocycles. The van der Waals surface area contributed by atoms with Crippen LogP contribution < -0.4 is 10.5 Å². The fourth-order valence-corrected chi connectivity index (χ4v) is 2.79. The van der Waals surface area contributed by atoms with E-state index < -0.39 is 0 Å². The van der Waals surface area contributed by atoms with Crippen molar-refractivity contribution in [3.63, 3.8) is 0 Å². The average molecular weight is 267 g/mol. The molecule has 2 N–H and O–H groups in total. The Bertz CT molecular complexity index is 341. The number of thioether (sulfide) groups is 1. The number of hydrogen-bond acceptors (Lipinski definition) is 3. The quantitative estimate of drug-likeness (QED) is 0.399. The average Bonchev–Trinajstić information content (AvgIpc) is 2.37. The highest BCUT2D eigenvalue weighted by atomic mass is 32.2. The van der Waals surface area contributed by atoms with Gasteiger partial charge < -0.3 is 10.5 Å². The third kappa shape index (κ3) is 5.67. The summed E-state index contributed by atoms with van der Waals surface area (Å²) in [5, 5.41) is 0. The van der Waals surface area contributed by atoms with Crippen molar-refractivity contribution in [2.45, 2.75) is 50.8 Å². The summed E-state index contributed by atoms with van der Waals surface area (Å²) < 4.78 is 5.49. The van der Waals surface area contributed by atoms with Crippen LogP contribution in [0.25, 0.3) is 0 Å². The Morgan fingerprint density at radius 2 is 1.89 bits per heavy atom. The molecule has 2 nitrogen and oxygen atoms in total. The molecule has 0 unspecified atom stereocenters. The molecular weight excluding hydrogens is 242 g/mol. The molecular formula is C15H25NOS. The van der Waals surface area contributed by atoms with Gasteiger partial charge in [0, 0.05) is 10.6 Å². The van der Waals surface area contributed by atoms with Crippen molar-refractivity contribution in [1.29, 1.82) is 0 Å².